The number of carbonyl (C=O) groups excluding carboxylic acids is 1. The van der Waals surface area contributed by atoms with Gasteiger partial charge in [0.2, 0.25) is 0 Å². The van der Waals surface area contributed by atoms with Crippen LogP contribution >= 0.6 is 0 Å². The average molecular weight is 284 g/mol. The molecular formula is C16H20N4O. The number of ketones is 1. The lowest BCUT2D eigenvalue weighted by molar-refractivity contribution is 0.101. The lowest BCUT2D eigenvalue weighted by atomic mass is 10.1. The molecule has 0 amide bonds. The van der Waals surface area contributed by atoms with Crippen LogP contribution in [0.3, 0.4) is 0 Å². The Labute approximate surface area is 124 Å². The molecule has 0 saturated heterocycles. The molecule has 1 atom stereocenters. The van der Waals surface area contributed by atoms with Crippen molar-refractivity contribution in [2.24, 2.45) is 0 Å². The van der Waals surface area contributed by atoms with Crippen LogP contribution in [0.2, 0.25) is 0 Å². The van der Waals surface area contributed by atoms with Gasteiger partial charge in [-0.3, -0.25) is 4.79 Å². The van der Waals surface area contributed by atoms with Gasteiger partial charge in [0.1, 0.15) is 18.0 Å². The van der Waals surface area contributed by atoms with Crippen LogP contribution in [0.15, 0.2) is 36.7 Å². The van der Waals surface area contributed by atoms with Crippen molar-refractivity contribution in [2.45, 2.75) is 33.2 Å². The maximum absolute atomic E-state index is 11.4. The molecule has 2 rings (SSSR count). The fourth-order valence-electron chi connectivity index (χ4n) is 1.82. The van der Waals surface area contributed by atoms with Gasteiger partial charge in [-0.25, -0.2) is 9.97 Å². The maximum Gasteiger partial charge on any atom is 0.159 e. The van der Waals surface area contributed by atoms with Crippen molar-refractivity contribution < 1.29 is 4.79 Å². The number of aromatic nitrogens is 2. The smallest absolute Gasteiger partial charge is 0.159 e. The molecule has 1 unspecified atom stereocenters. The molecule has 5 nitrogen and oxygen atoms in total. The highest BCUT2D eigenvalue weighted by atomic mass is 16.1. The summed E-state index contributed by atoms with van der Waals surface area (Å²) in [4.78, 5) is 19.8. The van der Waals surface area contributed by atoms with Crippen molar-refractivity contribution in [2.75, 3.05) is 10.6 Å². The van der Waals surface area contributed by atoms with Gasteiger partial charge in [-0.1, -0.05) is 19.1 Å². The van der Waals surface area contributed by atoms with Gasteiger partial charge in [0.25, 0.3) is 0 Å². The van der Waals surface area contributed by atoms with E-state index in [9.17, 15) is 4.79 Å². The van der Waals surface area contributed by atoms with Gasteiger partial charge < -0.3 is 10.6 Å². The molecule has 1 aromatic carbocycles. The summed E-state index contributed by atoms with van der Waals surface area (Å²) in [6.07, 6.45) is 2.54. The zero-order chi connectivity index (χ0) is 15.2. The van der Waals surface area contributed by atoms with E-state index in [1.165, 1.54) is 6.33 Å². The van der Waals surface area contributed by atoms with Crippen molar-refractivity contribution in [1.82, 2.24) is 9.97 Å². The summed E-state index contributed by atoms with van der Waals surface area (Å²) in [5.41, 5.74) is 1.50. The summed E-state index contributed by atoms with van der Waals surface area (Å²) in [5, 5.41) is 6.49. The maximum atomic E-state index is 11.4. The van der Waals surface area contributed by atoms with Gasteiger partial charge in [0.05, 0.1) is 0 Å². The summed E-state index contributed by atoms with van der Waals surface area (Å²) in [6, 6.07) is 9.56. The first kappa shape index (κ1) is 15.0. The first-order valence-electron chi connectivity index (χ1n) is 7.05. The van der Waals surface area contributed by atoms with Gasteiger partial charge in [-0.2, -0.15) is 0 Å². The van der Waals surface area contributed by atoms with Crippen LogP contribution in [0.1, 0.15) is 37.6 Å². The number of nitrogens with one attached hydrogen (secondary N) is 2. The Balaban J connectivity index is 2.14. The molecule has 0 spiro atoms. The molecule has 21 heavy (non-hydrogen) atoms. The van der Waals surface area contributed by atoms with Gasteiger partial charge >= 0.3 is 0 Å². The number of carbonyl (C=O) groups is 1. The summed E-state index contributed by atoms with van der Waals surface area (Å²) >= 11 is 0. The molecule has 0 saturated carbocycles. The Morgan fingerprint density at radius 3 is 2.71 bits per heavy atom. The summed E-state index contributed by atoms with van der Waals surface area (Å²) < 4.78 is 0. The van der Waals surface area contributed by atoms with E-state index in [0.717, 1.165) is 17.9 Å². The van der Waals surface area contributed by atoms with E-state index in [0.29, 0.717) is 17.4 Å². The summed E-state index contributed by atoms with van der Waals surface area (Å²) in [5.74, 6) is 1.52. The van der Waals surface area contributed by atoms with Crippen LogP contribution in [0.25, 0.3) is 0 Å². The first-order chi connectivity index (χ1) is 10.1. The molecule has 110 valence electrons. The zero-order valence-electron chi connectivity index (χ0n) is 12.6. The number of Topliss-reactive ketones (excluding diaryl/α,β-unsaturated/α-hetero) is 1. The van der Waals surface area contributed by atoms with E-state index in [1.807, 2.05) is 24.3 Å². The van der Waals surface area contributed by atoms with Crippen molar-refractivity contribution in [1.29, 1.82) is 0 Å². The summed E-state index contributed by atoms with van der Waals surface area (Å²) in [6.45, 7) is 5.77. The van der Waals surface area contributed by atoms with Crippen LogP contribution in [0.5, 0.6) is 0 Å². The Kier molecular flexibility index (Phi) is 4.87. The third kappa shape index (κ3) is 4.27. The minimum Gasteiger partial charge on any atom is -0.367 e. The fraction of sp³-hybridized carbons (Fsp3) is 0.312. The molecule has 2 aromatic rings. The Morgan fingerprint density at radius 1 is 1.24 bits per heavy atom. The number of hydrogen-bond acceptors (Lipinski definition) is 5. The van der Waals surface area contributed by atoms with Crippen LogP contribution in [0, 0.1) is 0 Å². The highest BCUT2D eigenvalue weighted by Crippen LogP contribution is 2.18. The number of hydrogen-bond donors (Lipinski definition) is 2. The van der Waals surface area contributed by atoms with Crippen molar-refractivity contribution in [3.05, 3.63) is 42.2 Å². The van der Waals surface area contributed by atoms with Crippen LogP contribution < -0.4 is 10.6 Å². The highest BCUT2D eigenvalue weighted by Gasteiger charge is 2.04. The molecule has 0 fully saturated rings. The molecule has 2 N–H and O–H groups in total. The van der Waals surface area contributed by atoms with Gasteiger partial charge in [0, 0.05) is 23.4 Å². The SMILES string of the molecule is CCC(C)Nc1cc(Nc2cccc(C(C)=O)c2)ncn1. The van der Waals surface area contributed by atoms with Crippen molar-refractivity contribution in [3.63, 3.8) is 0 Å². The quantitative estimate of drug-likeness (QED) is 0.793. The molecule has 1 aromatic heterocycles. The zero-order valence-corrected chi connectivity index (χ0v) is 12.6. The molecule has 0 bridgehead atoms. The third-order valence-electron chi connectivity index (χ3n) is 3.22. The molecule has 1 heterocycles. The lowest BCUT2D eigenvalue weighted by Gasteiger charge is -2.13. The molecule has 0 aliphatic carbocycles. The second kappa shape index (κ2) is 6.83. The normalized spacial score (nSPS) is 11.8. The van der Waals surface area contributed by atoms with E-state index >= 15 is 0 Å². The third-order valence-corrected chi connectivity index (χ3v) is 3.22. The minimum atomic E-state index is 0.0421. The van der Waals surface area contributed by atoms with E-state index in [1.54, 1.807) is 13.0 Å². The first-order valence-corrected chi connectivity index (χ1v) is 7.05. The van der Waals surface area contributed by atoms with Crippen LogP contribution in [0.4, 0.5) is 17.3 Å². The predicted molar refractivity (Wildman–Crippen MR) is 85.1 cm³/mol. The molecular weight excluding hydrogens is 264 g/mol. The minimum absolute atomic E-state index is 0.0421. The second-order valence-electron chi connectivity index (χ2n) is 5.00. The predicted octanol–water partition coefficient (Wildman–Crippen LogP) is 3.63. The topological polar surface area (TPSA) is 66.9 Å². The second-order valence-corrected chi connectivity index (χ2v) is 5.00. The van der Waals surface area contributed by atoms with E-state index in [-0.39, 0.29) is 5.78 Å². The Hall–Kier alpha value is -2.43. The number of nitrogens with zero attached hydrogens (tertiary/aromatic N) is 2. The molecule has 0 aliphatic rings. The Bertz CT molecular complexity index is 627. The number of rotatable bonds is 6. The monoisotopic (exact) mass is 284 g/mol. The van der Waals surface area contributed by atoms with E-state index < -0.39 is 0 Å². The molecule has 0 aliphatic heterocycles. The average Bonchev–Trinajstić information content (AvgIpc) is 2.47. The fourth-order valence-corrected chi connectivity index (χ4v) is 1.82. The number of anilines is 3. The highest BCUT2D eigenvalue weighted by molar-refractivity contribution is 5.95. The summed E-state index contributed by atoms with van der Waals surface area (Å²) in [7, 11) is 0. The largest absolute Gasteiger partial charge is 0.367 e. The van der Waals surface area contributed by atoms with Crippen molar-refractivity contribution >= 4 is 23.1 Å². The Morgan fingerprint density at radius 2 is 2.00 bits per heavy atom. The lowest BCUT2D eigenvalue weighted by Crippen LogP contribution is -2.14. The van der Waals surface area contributed by atoms with Crippen LogP contribution in [-0.2, 0) is 0 Å². The standard InChI is InChI=1S/C16H20N4O/c1-4-11(2)19-15-9-16(18-10-17-15)20-14-7-5-6-13(8-14)12(3)21/h5-11H,4H2,1-3H3,(H2,17,18,19,20). The van der Waals surface area contributed by atoms with Crippen LogP contribution in [-0.4, -0.2) is 21.8 Å². The van der Waals surface area contributed by atoms with Gasteiger partial charge in [-0.15, -0.1) is 0 Å². The molecule has 0 radical (unpaired) electrons. The number of benzene rings is 1. The van der Waals surface area contributed by atoms with E-state index in [4.69, 9.17) is 0 Å². The van der Waals surface area contributed by atoms with Crippen molar-refractivity contribution in [3.8, 4) is 0 Å². The molecule has 5 heteroatoms. The van der Waals surface area contributed by atoms with E-state index in [2.05, 4.69) is 34.4 Å². The van der Waals surface area contributed by atoms with Gasteiger partial charge in [-0.05, 0) is 32.4 Å². The van der Waals surface area contributed by atoms with Gasteiger partial charge in [0.15, 0.2) is 5.78 Å².